The van der Waals surface area contributed by atoms with Crippen molar-refractivity contribution in [3.05, 3.63) is 59.7 Å². The third-order valence-corrected chi connectivity index (χ3v) is 4.78. The van der Waals surface area contributed by atoms with E-state index in [9.17, 15) is 23.1 Å². The van der Waals surface area contributed by atoms with E-state index in [0.29, 0.717) is 17.0 Å². The van der Waals surface area contributed by atoms with Crippen molar-refractivity contribution in [1.29, 1.82) is 0 Å². The average molecular weight is 362 g/mol. The number of anilines is 1. The molecule has 132 valence electrons. The lowest BCUT2D eigenvalue weighted by Gasteiger charge is -2.08. The zero-order valence-electron chi connectivity index (χ0n) is 13.4. The smallest absolute Gasteiger partial charge is 0.239 e. The van der Waals surface area contributed by atoms with Gasteiger partial charge in [-0.3, -0.25) is 4.79 Å². The van der Waals surface area contributed by atoms with Gasteiger partial charge in [-0.2, -0.15) is 0 Å². The maximum absolute atomic E-state index is 12.1. The minimum Gasteiger partial charge on any atom is -0.545 e. The fraction of sp³-hybridized carbons (Fsp3) is 0.176. The van der Waals surface area contributed by atoms with E-state index in [-0.39, 0.29) is 11.3 Å². The average Bonchev–Trinajstić information content (AvgIpc) is 2.55. The number of sulfone groups is 1. The second-order valence-corrected chi connectivity index (χ2v) is 7.36. The molecule has 8 heteroatoms. The van der Waals surface area contributed by atoms with Gasteiger partial charge in [-0.15, -0.1) is 0 Å². The highest BCUT2D eigenvalue weighted by molar-refractivity contribution is 7.91. The van der Waals surface area contributed by atoms with Gasteiger partial charge in [0.25, 0.3) is 0 Å². The van der Waals surface area contributed by atoms with Crippen LogP contribution in [0.25, 0.3) is 0 Å². The van der Waals surface area contributed by atoms with Crippen LogP contribution >= 0.6 is 0 Å². The second kappa shape index (κ2) is 7.80. The van der Waals surface area contributed by atoms with E-state index < -0.39 is 27.5 Å². The number of nitrogens with one attached hydrogen (secondary N) is 1. The van der Waals surface area contributed by atoms with Gasteiger partial charge in [0.05, 0.1) is 18.8 Å². The Bertz CT molecular complexity index is 857. The van der Waals surface area contributed by atoms with Gasteiger partial charge in [-0.05, 0) is 35.4 Å². The highest BCUT2D eigenvalue weighted by Gasteiger charge is 2.17. The zero-order valence-corrected chi connectivity index (χ0v) is 14.2. The summed E-state index contributed by atoms with van der Waals surface area (Å²) in [4.78, 5) is 22.6. The molecule has 25 heavy (non-hydrogen) atoms. The van der Waals surface area contributed by atoms with E-state index in [1.165, 1.54) is 31.4 Å². The number of rotatable bonds is 7. The van der Waals surface area contributed by atoms with E-state index >= 15 is 0 Å². The molecule has 7 nitrogen and oxygen atoms in total. The molecule has 0 saturated carbocycles. The molecular weight excluding hydrogens is 346 g/mol. The Hall–Kier alpha value is -2.87. The van der Waals surface area contributed by atoms with Crippen LogP contribution in [0.3, 0.4) is 0 Å². The molecular formula is C17H16NO6S-. The predicted octanol–water partition coefficient (Wildman–Crippen LogP) is 0.612. The summed E-state index contributed by atoms with van der Waals surface area (Å²) in [7, 11) is -2.19. The number of amides is 1. The predicted molar refractivity (Wildman–Crippen MR) is 89.9 cm³/mol. The van der Waals surface area contributed by atoms with Crippen molar-refractivity contribution in [3.8, 4) is 5.75 Å². The molecule has 0 radical (unpaired) electrons. The number of carbonyl (C=O) groups excluding carboxylic acids is 2. The number of ether oxygens (including phenoxy) is 1. The van der Waals surface area contributed by atoms with Crippen LogP contribution < -0.4 is 15.2 Å². The Morgan fingerprint density at radius 1 is 1.04 bits per heavy atom. The first kappa shape index (κ1) is 18.5. The Kier molecular flexibility index (Phi) is 5.76. The van der Waals surface area contributed by atoms with Gasteiger partial charge in [-0.1, -0.05) is 24.3 Å². The van der Waals surface area contributed by atoms with Gasteiger partial charge in [0.2, 0.25) is 5.91 Å². The molecule has 0 spiro atoms. The SMILES string of the molecule is COc1ccc(NC(=O)CS(=O)(=O)Cc2ccc(C(=O)[O-])cc2)cc1. The van der Waals surface area contributed by atoms with Crippen LogP contribution in [0.5, 0.6) is 5.75 Å². The number of benzene rings is 2. The summed E-state index contributed by atoms with van der Waals surface area (Å²) in [6.07, 6.45) is 0. The van der Waals surface area contributed by atoms with Crippen molar-refractivity contribution in [2.24, 2.45) is 0 Å². The molecule has 2 rings (SSSR count). The molecule has 0 aliphatic carbocycles. The third kappa shape index (κ3) is 5.61. The topological polar surface area (TPSA) is 113 Å². The lowest BCUT2D eigenvalue weighted by molar-refractivity contribution is -0.255. The van der Waals surface area contributed by atoms with Crippen LogP contribution in [0, 0.1) is 0 Å². The third-order valence-electron chi connectivity index (χ3n) is 3.30. The van der Waals surface area contributed by atoms with Gasteiger partial charge in [0.1, 0.15) is 11.5 Å². The zero-order chi connectivity index (χ0) is 18.4. The van der Waals surface area contributed by atoms with Crippen molar-refractivity contribution in [2.75, 3.05) is 18.2 Å². The Balaban J connectivity index is 1.97. The first-order chi connectivity index (χ1) is 11.8. The number of carbonyl (C=O) groups is 2. The van der Waals surface area contributed by atoms with E-state index in [4.69, 9.17) is 4.74 Å². The number of aromatic carboxylic acids is 1. The van der Waals surface area contributed by atoms with Gasteiger partial charge in [0.15, 0.2) is 9.84 Å². The largest absolute Gasteiger partial charge is 0.545 e. The van der Waals surface area contributed by atoms with Crippen molar-refractivity contribution in [1.82, 2.24) is 0 Å². The van der Waals surface area contributed by atoms with Crippen LogP contribution in [0.1, 0.15) is 15.9 Å². The molecule has 0 bridgehead atoms. The second-order valence-electron chi connectivity index (χ2n) is 5.29. The molecule has 0 fully saturated rings. The summed E-state index contributed by atoms with van der Waals surface area (Å²) in [6.45, 7) is 0. The van der Waals surface area contributed by atoms with Crippen molar-refractivity contribution >= 4 is 27.4 Å². The molecule has 2 aromatic carbocycles. The summed E-state index contributed by atoms with van der Waals surface area (Å²) in [5.41, 5.74) is 0.806. The molecule has 0 saturated heterocycles. The van der Waals surface area contributed by atoms with E-state index in [0.717, 1.165) is 0 Å². The van der Waals surface area contributed by atoms with E-state index in [2.05, 4.69) is 5.32 Å². The highest BCUT2D eigenvalue weighted by atomic mass is 32.2. The van der Waals surface area contributed by atoms with E-state index in [1.54, 1.807) is 24.3 Å². The van der Waals surface area contributed by atoms with Crippen LogP contribution in [0.4, 0.5) is 5.69 Å². The van der Waals surface area contributed by atoms with Crippen LogP contribution in [0.2, 0.25) is 0 Å². The summed E-state index contributed by atoms with van der Waals surface area (Å²) in [5.74, 6) is -2.42. The molecule has 0 heterocycles. The minimum absolute atomic E-state index is 0.0432. The summed E-state index contributed by atoms with van der Waals surface area (Å²) in [6, 6.07) is 11.8. The molecule has 0 atom stereocenters. The molecule has 0 aliphatic heterocycles. The Morgan fingerprint density at radius 2 is 1.64 bits per heavy atom. The monoisotopic (exact) mass is 362 g/mol. The van der Waals surface area contributed by atoms with Crippen LogP contribution in [-0.2, 0) is 20.4 Å². The number of methoxy groups -OCH3 is 1. The summed E-state index contributed by atoms with van der Waals surface area (Å²) in [5, 5.41) is 13.2. The highest BCUT2D eigenvalue weighted by Crippen LogP contribution is 2.15. The normalized spacial score (nSPS) is 10.9. The maximum atomic E-state index is 12.1. The fourth-order valence-corrected chi connectivity index (χ4v) is 3.39. The molecule has 1 N–H and O–H groups in total. The van der Waals surface area contributed by atoms with Crippen LogP contribution in [-0.4, -0.2) is 33.2 Å². The van der Waals surface area contributed by atoms with E-state index in [1.807, 2.05) is 0 Å². The number of hydrogen-bond donors (Lipinski definition) is 1. The quantitative estimate of drug-likeness (QED) is 0.772. The standard InChI is InChI=1S/C17H17NO6S/c1-24-15-8-6-14(7-9-15)18-16(19)11-25(22,23)10-12-2-4-13(5-3-12)17(20)21/h2-9H,10-11H2,1H3,(H,18,19)(H,20,21)/p-1. The molecule has 0 unspecified atom stereocenters. The van der Waals surface area contributed by atoms with Gasteiger partial charge in [-0.25, -0.2) is 8.42 Å². The van der Waals surface area contributed by atoms with Crippen molar-refractivity contribution < 1.29 is 27.9 Å². The summed E-state index contributed by atoms with van der Waals surface area (Å²) >= 11 is 0. The van der Waals surface area contributed by atoms with Gasteiger partial charge < -0.3 is 20.0 Å². The molecule has 2 aromatic rings. The Morgan fingerprint density at radius 3 is 2.16 bits per heavy atom. The lowest BCUT2D eigenvalue weighted by atomic mass is 10.1. The maximum Gasteiger partial charge on any atom is 0.239 e. The molecule has 1 amide bonds. The fourth-order valence-electron chi connectivity index (χ4n) is 2.11. The van der Waals surface area contributed by atoms with Crippen LogP contribution in [0.15, 0.2) is 48.5 Å². The van der Waals surface area contributed by atoms with Gasteiger partial charge >= 0.3 is 0 Å². The lowest BCUT2D eigenvalue weighted by Crippen LogP contribution is -2.24. The number of carboxylic acid groups (broad SMARTS) is 1. The van der Waals surface area contributed by atoms with Crippen molar-refractivity contribution in [2.45, 2.75) is 5.75 Å². The van der Waals surface area contributed by atoms with Gasteiger partial charge in [0, 0.05) is 5.69 Å². The number of hydrogen-bond acceptors (Lipinski definition) is 6. The minimum atomic E-state index is -3.70. The number of carboxylic acids is 1. The first-order valence-corrected chi connectivity index (χ1v) is 9.06. The van der Waals surface area contributed by atoms with Crippen molar-refractivity contribution in [3.63, 3.8) is 0 Å². The molecule has 0 aliphatic rings. The molecule has 0 aromatic heterocycles. The first-order valence-electron chi connectivity index (χ1n) is 7.24. The summed E-state index contributed by atoms with van der Waals surface area (Å²) < 4.78 is 29.2. The Labute approximate surface area is 145 Å².